The summed E-state index contributed by atoms with van der Waals surface area (Å²) in [6.07, 6.45) is 2.41. The quantitative estimate of drug-likeness (QED) is 0.851. The molecule has 1 aliphatic heterocycles. The van der Waals surface area contributed by atoms with E-state index < -0.39 is 9.84 Å². The highest BCUT2D eigenvalue weighted by atomic mass is 32.2. The minimum absolute atomic E-state index is 0.0412. The summed E-state index contributed by atoms with van der Waals surface area (Å²) >= 11 is 0. The molecule has 0 radical (unpaired) electrons. The molecule has 2 heterocycles. The molecule has 0 spiro atoms. The summed E-state index contributed by atoms with van der Waals surface area (Å²) in [4.78, 5) is 14.4. The van der Waals surface area contributed by atoms with E-state index in [1.165, 1.54) is 0 Å². The van der Waals surface area contributed by atoms with Crippen LogP contribution in [0, 0.1) is 13.8 Å². The first kappa shape index (κ1) is 17.0. The second-order valence-electron chi connectivity index (χ2n) is 6.61. The molecule has 1 fully saturated rings. The van der Waals surface area contributed by atoms with Crippen LogP contribution in [0.15, 0.2) is 22.8 Å². The van der Waals surface area contributed by atoms with Crippen LogP contribution in [0.3, 0.4) is 0 Å². The van der Waals surface area contributed by atoms with Crippen LogP contribution in [0.2, 0.25) is 0 Å². The molecule has 1 atom stereocenters. The van der Waals surface area contributed by atoms with E-state index in [4.69, 9.17) is 4.42 Å². The van der Waals surface area contributed by atoms with E-state index in [2.05, 4.69) is 0 Å². The minimum atomic E-state index is -3.00. The predicted octanol–water partition coefficient (Wildman–Crippen LogP) is 2.63. The maximum Gasteiger partial charge on any atom is 0.227 e. The van der Waals surface area contributed by atoms with Gasteiger partial charge in [-0.1, -0.05) is 0 Å². The predicted molar refractivity (Wildman–Crippen MR) is 93.8 cm³/mol. The summed E-state index contributed by atoms with van der Waals surface area (Å²) in [6, 6.07) is 3.84. The summed E-state index contributed by atoms with van der Waals surface area (Å²) < 4.78 is 29.0. The van der Waals surface area contributed by atoms with Crippen molar-refractivity contribution in [1.29, 1.82) is 0 Å². The fourth-order valence-corrected chi connectivity index (χ4v) is 5.13. The van der Waals surface area contributed by atoms with Crippen molar-refractivity contribution in [2.75, 3.05) is 18.1 Å². The Balaban J connectivity index is 1.82. The monoisotopic (exact) mass is 349 g/mol. The fourth-order valence-electron chi connectivity index (χ4n) is 3.40. The number of fused-ring (bicyclic) bond motifs is 1. The minimum Gasteiger partial charge on any atom is -0.464 e. The number of nitrogens with zero attached hydrogens (tertiary/aromatic N) is 1. The van der Waals surface area contributed by atoms with Crippen molar-refractivity contribution >= 4 is 26.7 Å². The number of rotatable bonds is 4. The van der Waals surface area contributed by atoms with Crippen LogP contribution in [0.1, 0.15) is 30.0 Å². The third-order valence-electron chi connectivity index (χ3n) is 4.92. The Bertz CT molecular complexity index is 882. The lowest BCUT2D eigenvalue weighted by molar-refractivity contribution is -0.132. The molecule has 1 aliphatic rings. The first-order chi connectivity index (χ1) is 11.3. The van der Waals surface area contributed by atoms with E-state index in [1.807, 2.05) is 32.9 Å². The lowest BCUT2D eigenvalue weighted by Gasteiger charge is -2.26. The van der Waals surface area contributed by atoms with Gasteiger partial charge in [-0.3, -0.25) is 4.79 Å². The fraction of sp³-hybridized carbons (Fsp3) is 0.500. The molecule has 5 nitrogen and oxygen atoms in total. The van der Waals surface area contributed by atoms with E-state index in [0.717, 1.165) is 27.7 Å². The Hall–Kier alpha value is -1.82. The largest absolute Gasteiger partial charge is 0.464 e. The van der Waals surface area contributed by atoms with Gasteiger partial charge in [0.15, 0.2) is 9.84 Å². The number of likely N-dealkylation sites (N-methyl/N-ethyl adjacent to an activating group) is 1. The number of carbonyl (C=O) groups is 1. The molecule has 0 N–H and O–H groups in total. The lowest BCUT2D eigenvalue weighted by atomic mass is 10.0. The van der Waals surface area contributed by atoms with Crippen LogP contribution in [-0.4, -0.2) is 43.3 Å². The van der Waals surface area contributed by atoms with Gasteiger partial charge in [-0.15, -0.1) is 0 Å². The summed E-state index contributed by atoms with van der Waals surface area (Å²) in [5, 5.41) is 0.960. The average molecular weight is 349 g/mol. The van der Waals surface area contributed by atoms with Crippen molar-refractivity contribution in [3.63, 3.8) is 0 Å². The number of sulfone groups is 1. The van der Waals surface area contributed by atoms with Gasteiger partial charge in [0.1, 0.15) is 5.58 Å². The zero-order chi connectivity index (χ0) is 17.5. The Kier molecular flexibility index (Phi) is 4.42. The summed E-state index contributed by atoms with van der Waals surface area (Å²) in [5.74, 6) is 0.214. The van der Waals surface area contributed by atoms with Crippen LogP contribution in [0.4, 0.5) is 0 Å². The number of amides is 1. The van der Waals surface area contributed by atoms with Gasteiger partial charge in [-0.05, 0) is 50.5 Å². The first-order valence-corrected chi connectivity index (χ1v) is 10.1. The molecule has 1 saturated heterocycles. The van der Waals surface area contributed by atoms with Gasteiger partial charge in [0.25, 0.3) is 0 Å². The van der Waals surface area contributed by atoms with Crippen molar-refractivity contribution in [2.24, 2.45) is 0 Å². The molecule has 1 amide bonds. The second kappa shape index (κ2) is 6.24. The standard InChI is InChI=1S/C18H23NO4S/c1-4-19(15-5-6-24(21,22)11-15)18(20)9-14-10-23-17-8-13(3)12(2)7-16(14)17/h7-8,10,15H,4-6,9,11H2,1-3H3/t15-/m0/s1. The highest BCUT2D eigenvalue weighted by Crippen LogP contribution is 2.26. The molecule has 0 aliphatic carbocycles. The van der Waals surface area contributed by atoms with E-state index in [9.17, 15) is 13.2 Å². The number of hydrogen-bond donors (Lipinski definition) is 0. The van der Waals surface area contributed by atoms with Gasteiger partial charge < -0.3 is 9.32 Å². The third kappa shape index (κ3) is 3.20. The van der Waals surface area contributed by atoms with Crippen LogP contribution in [0.5, 0.6) is 0 Å². The first-order valence-electron chi connectivity index (χ1n) is 8.28. The molecule has 1 aromatic carbocycles. The molecule has 0 unspecified atom stereocenters. The van der Waals surface area contributed by atoms with Crippen LogP contribution >= 0.6 is 0 Å². The molecular weight excluding hydrogens is 326 g/mol. The second-order valence-corrected chi connectivity index (χ2v) is 8.84. The summed E-state index contributed by atoms with van der Waals surface area (Å²) in [6.45, 7) is 6.48. The van der Waals surface area contributed by atoms with Crippen molar-refractivity contribution in [3.8, 4) is 0 Å². The summed E-state index contributed by atoms with van der Waals surface area (Å²) in [5.41, 5.74) is 3.96. The number of carbonyl (C=O) groups excluding carboxylic acids is 1. The van der Waals surface area contributed by atoms with E-state index in [1.54, 1.807) is 11.2 Å². The zero-order valence-corrected chi connectivity index (χ0v) is 15.1. The van der Waals surface area contributed by atoms with Gasteiger partial charge in [0, 0.05) is 23.5 Å². The van der Waals surface area contributed by atoms with Crippen molar-refractivity contribution in [1.82, 2.24) is 4.90 Å². The molecule has 0 saturated carbocycles. The van der Waals surface area contributed by atoms with Gasteiger partial charge in [0.2, 0.25) is 5.91 Å². The zero-order valence-electron chi connectivity index (χ0n) is 14.3. The number of furan rings is 1. The normalized spacial score (nSPS) is 19.7. The Morgan fingerprint density at radius 3 is 2.62 bits per heavy atom. The average Bonchev–Trinajstić information content (AvgIpc) is 3.05. The molecule has 3 rings (SSSR count). The topological polar surface area (TPSA) is 67.6 Å². The van der Waals surface area contributed by atoms with Crippen LogP contribution in [0.25, 0.3) is 11.0 Å². The van der Waals surface area contributed by atoms with Gasteiger partial charge in [-0.25, -0.2) is 8.42 Å². The molecule has 130 valence electrons. The maximum atomic E-state index is 12.7. The Morgan fingerprint density at radius 2 is 2.00 bits per heavy atom. The van der Waals surface area contributed by atoms with Crippen LogP contribution < -0.4 is 0 Å². The summed E-state index contributed by atoms with van der Waals surface area (Å²) in [7, 11) is -3.00. The SMILES string of the molecule is CCN(C(=O)Cc1coc2cc(C)c(C)cc12)[C@H]1CCS(=O)(=O)C1. The van der Waals surface area contributed by atoms with Gasteiger partial charge in [0.05, 0.1) is 24.2 Å². The lowest BCUT2D eigenvalue weighted by Crippen LogP contribution is -2.41. The van der Waals surface area contributed by atoms with E-state index in [0.29, 0.717) is 13.0 Å². The maximum absolute atomic E-state index is 12.7. The van der Waals surface area contributed by atoms with E-state index >= 15 is 0 Å². The van der Waals surface area contributed by atoms with Crippen molar-refractivity contribution in [2.45, 2.75) is 39.7 Å². The smallest absolute Gasteiger partial charge is 0.227 e. The van der Waals surface area contributed by atoms with Crippen molar-refractivity contribution < 1.29 is 17.6 Å². The number of hydrogen-bond acceptors (Lipinski definition) is 4. The number of aryl methyl sites for hydroxylation is 2. The van der Waals surface area contributed by atoms with Crippen molar-refractivity contribution in [3.05, 3.63) is 35.1 Å². The number of benzene rings is 1. The Morgan fingerprint density at radius 1 is 1.29 bits per heavy atom. The molecule has 6 heteroatoms. The molecular formula is C18H23NO4S. The highest BCUT2D eigenvalue weighted by Gasteiger charge is 2.34. The van der Waals surface area contributed by atoms with E-state index in [-0.39, 0.29) is 29.9 Å². The molecule has 1 aromatic heterocycles. The molecule has 0 bridgehead atoms. The molecule has 24 heavy (non-hydrogen) atoms. The third-order valence-corrected chi connectivity index (χ3v) is 6.67. The Labute approximate surface area is 142 Å². The van der Waals surface area contributed by atoms with Gasteiger partial charge in [-0.2, -0.15) is 0 Å². The van der Waals surface area contributed by atoms with Crippen LogP contribution in [-0.2, 0) is 21.1 Å². The molecule has 2 aromatic rings. The van der Waals surface area contributed by atoms with Gasteiger partial charge >= 0.3 is 0 Å². The highest BCUT2D eigenvalue weighted by molar-refractivity contribution is 7.91.